The van der Waals surface area contributed by atoms with Crippen LogP contribution < -0.4 is 5.73 Å². The van der Waals surface area contributed by atoms with Gasteiger partial charge in [-0.25, -0.2) is 4.79 Å². The number of carbonyl (C=O) groups is 2. The number of methoxy groups -OCH3 is 1. The summed E-state index contributed by atoms with van der Waals surface area (Å²) in [6.07, 6.45) is 0. The molecule has 0 saturated heterocycles. The summed E-state index contributed by atoms with van der Waals surface area (Å²) in [5, 5.41) is 0. The molecule has 0 spiro atoms. The number of hydrogen-bond acceptors (Lipinski definition) is 3. The highest BCUT2D eigenvalue weighted by atomic mass is 79.9. The van der Waals surface area contributed by atoms with Crippen LogP contribution in [0.15, 0.2) is 22.7 Å². The van der Waals surface area contributed by atoms with Crippen molar-refractivity contribution in [3.8, 4) is 0 Å². The fourth-order valence-electron chi connectivity index (χ4n) is 0.945. The van der Waals surface area contributed by atoms with Crippen LogP contribution in [0.2, 0.25) is 0 Å². The van der Waals surface area contributed by atoms with Gasteiger partial charge in [0.2, 0.25) is 5.91 Å². The number of halogens is 1. The number of amides is 1. The Morgan fingerprint density at radius 1 is 1.43 bits per heavy atom. The second-order valence-electron chi connectivity index (χ2n) is 2.55. The van der Waals surface area contributed by atoms with E-state index >= 15 is 0 Å². The number of benzene rings is 1. The van der Waals surface area contributed by atoms with E-state index in [0.29, 0.717) is 4.47 Å². The maximum atomic E-state index is 11.2. The molecule has 1 aromatic rings. The van der Waals surface area contributed by atoms with Gasteiger partial charge in [-0.2, -0.15) is 0 Å². The third-order valence-corrected chi connectivity index (χ3v) is 2.35. The Bertz CT molecular complexity index is 390. The lowest BCUT2D eigenvalue weighted by molar-refractivity contribution is 0.0599. The Balaban J connectivity index is 3.21. The van der Waals surface area contributed by atoms with Crippen LogP contribution in [0.4, 0.5) is 0 Å². The molecular weight excluding hydrogens is 250 g/mol. The van der Waals surface area contributed by atoms with Crippen molar-refractivity contribution in [2.75, 3.05) is 7.11 Å². The van der Waals surface area contributed by atoms with E-state index in [1.165, 1.54) is 19.2 Å². The van der Waals surface area contributed by atoms with Gasteiger partial charge in [0.05, 0.1) is 12.7 Å². The summed E-state index contributed by atoms with van der Waals surface area (Å²) in [5.41, 5.74) is 5.62. The fourth-order valence-corrected chi connectivity index (χ4v) is 1.35. The molecule has 0 aliphatic rings. The molecule has 0 aliphatic heterocycles. The van der Waals surface area contributed by atoms with E-state index in [0.717, 1.165) is 0 Å². The molecule has 1 aromatic carbocycles. The SMILES string of the molecule is COC(=O)c1cc(C(N)=O)ccc1Br. The van der Waals surface area contributed by atoms with Crippen LogP contribution >= 0.6 is 15.9 Å². The third-order valence-electron chi connectivity index (χ3n) is 1.66. The zero-order valence-corrected chi connectivity index (χ0v) is 9.00. The minimum atomic E-state index is -0.581. The largest absolute Gasteiger partial charge is 0.465 e. The van der Waals surface area contributed by atoms with E-state index in [-0.39, 0.29) is 11.1 Å². The first-order valence-electron chi connectivity index (χ1n) is 3.74. The molecular formula is C9H8BrNO3. The summed E-state index contributed by atoms with van der Waals surface area (Å²) < 4.78 is 5.09. The lowest BCUT2D eigenvalue weighted by Crippen LogP contribution is -2.12. The van der Waals surface area contributed by atoms with Gasteiger partial charge in [0.15, 0.2) is 0 Å². The standard InChI is InChI=1S/C9H8BrNO3/c1-14-9(13)6-4-5(8(11)12)2-3-7(6)10/h2-4H,1H3,(H2,11,12). The lowest BCUT2D eigenvalue weighted by Gasteiger charge is -2.03. The smallest absolute Gasteiger partial charge is 0.339 e. The minimum absolute atomic E-state index is 0.272. The van der Waals surface area contributed by atoms with Crippen LogP contribution in [-0.2, 0) is 4.74 Å². The molecule has 0 atom stereocenters. The van der Waals surface area contributed by atoms with Crippen LogP contribution in [0.3, 0.4) is 0 Å². The molecule has 1 amide bonds. The van der Waals surface area contributed by atoms with Gasteiger partial charge in [-0.3, -0.25) is 4.79 Å². The van der Waals surface area contributed by atoms with Crippen molar-refractivity contribution in [2.24, 2.45) is 5.73 Å². The molecule has 0 unspecified atom stereocenters. The highest BCUT2D eigenvalue weighted by Crippen LogP contribution is 2.18. The summed E-state index contributed by atoms with van der Waals surface area (Å²) >= 11 is 3.17. The molecule has 0 aromatic heterocycles. The zero-order valence-electron chi connectivity index (χ0n) is 7.41. The molecule has 2 N–H and O–H groups in total. The lowest BCUT2D eigenvalue weighted by atomic mass is 10.1. The number of rotatable bonds is 2. The summed E-state index contributed by atoms with van der Waals surface area (Å²) in [6.45, 7) is 0. The van der Waals surface area contributed by atoms with Gasteiger partial charge < -0.3 is 10.5 Å². The quantitative estimate of drug-likeness (QED) is 0.813. The molecule has 74 valence electrons. The average molecular weight is 258 g/mol. The Morgan fingerprint density at radius 2 is 2.07 bits per heavy atom. The summed E-state index contributed by atoms with van der Waals surface area (Å²) in [5.74, 6) is -1.09. The summed E-state index contributed by atoms with van der Waals surface area (Å²) in [4.78, 5) is 22.0. The molecule has 4 nitrogen and oxygen atoms in total. The molecule has 14 heavy (non-hydrogen) atoms. The van der Waals surface area contributed by atoms with Crippen LogP contribution in [0.5, 0.6) is 0 Å². The predicted molar refractivity (Wildman–Crippen MR) is 54.0 cm³/mol. The Labute approximate surface area is 89.2 Å². The number of primary amides is 1. The first-order chi connectivity index (χ1) is 6.56. The van der Waals surface area contributed by atoms with E-state index < -0.39 is 11.9 Å². The first-order valence-corrected chi connectivity index (χ1v) is 4.53. The van der Waals surface area contributed by atoms with E-state index in [2.05, 4.69) is 20.7 Å². The van der Waals surface area contributed by atoms with Crippen LogP contribution in [0, 0.1) is 0 Å². The van der Waals surface area contributed by atoms with Crippen LogP contribution in [0.1, 0.15) is 20.7 Å². The second-order valence-corrected chi connectivity index (χ2v) is 3.40. The first kappa shape index (κ1) is 10.7. The minimum Gasteiger partial charge on any atom is -0.465 e. The molecule has 1 rings (SSSR count). The highest BCUT2D eigenvalue weighted by Gasteiger charge is 2.12. The van der Waals surface area contributed by atoms with Crippen molar-refractivity contribution >= 4 is 27.8 Å². The number of hydrogen-bond donors (Lipinski definition) is 1. The van der Waals surface area contributed by atoms with E-state index in [4.69, 9.17) is 5.73 Å². The number of ether oxygens (including phenoxy) is 1. The maximum absolute atomic E-state index is 11.2. The fraction of sp³-hybridized carbons (Fsp3) is 0.111. The van der Waals surface area contributed by atoms with Gasteiger partial charge in [-0.15, -0.1) is 0 Å². The van der Waals surface area contributed by atoms with Gasteiger partial charge in [0.1, 0.15) is 0 Å². The van der Waals surface area contributed by atoms with Gasteiger partial charge in [-0.1, -0.05) is 0 Å². The van der Waals surface area contributed by atoms with Crippen LogP contribution in [-0.4, -0.2) is 19.0 Å². The van der Waals surface area contributed by atoms with Crippen molar-refractivity contribution < 1.29 is 14.3 Å². The average Bonchev–Trinajstić information content (AvgIpc) is 2.17. The third kappa shape index (κ3) is 2.11. The van der Waals surface area contributed by atoms with E-state index in [9.17, 15) is 9.59 Å². The van der Waals surface area contributed by atoms with Crippen molar-refractivity contribution in [2.45, 2.75) is 0 Å². The zero-order chi connectivity index (χ0) is 10.7. The maximum Gasteiger partial charge on any atom is 0.339 e. The highest BCUT2D eigenvalue weighted by molar-refractivity contribution is 9.10. The van der Waals surface area contributed by atoms with E-state index in [1.807, 2.05) is 0 Å². The molecule has 0 aliphatic carbocycles. The normalized spacial score (nSPS) is 9.57. The van der Waals surface area contributed by atoms with Gasteiger partial charge in [0.25, 0.3) is 0 Å². The monoisotopic (exact) mass is 257 g/mol. The molecule has 5 heteroatoms. The molecule has 0 radical (unpaired) electrons. The van der Waals surface area contributed by atoms with E-state index in [1.54, 1.807) is 6.07 Å². The van der Waals surface area contributed by atoms with Gasteiger partial charge in [0, 0.05) is 10.0 Å². The Hall–Kier alpha value is -1.36. The van der Waals surface area contributed by atoms with Crippen molar-refractivity contribution in [1.82, 2.24) is 0 Å². The van der Waals surface area contributed by atoms with Crippen molar-refractivity contribution in [1.29, 1.82) is 0 Å². The topological polar surface area (TPSA) is 69.4 Å². The van der Waals surface area contributed by atoms with Gasteiger partial charge >= 0.3 is 5.97 Å². The van der Waals surface area contributed by atoms with Crippen LogP contribution in [0.25, 0.3) is 0 Å². The summed E-state index contributed by atoms with van der Waals surface area (Å²) in [7, 11) is 1.27. The summed E-state index contributed by atoms with van der Waals surface area (Å²) in [6, 6.07) is 4.49. The molecule has 0 saturated carbocycles. The number of esters is 1. The van der Waals surface area contributed by atoms with Gasteiger partial charge in [-0.05, 0) is 34.1 Å². The van der Waals surface area contributed by atoms with Crippen molar-refractivity contribution in [3.63, 3.8) is 0 Å². The molecule has 0 bridgehead atoms. The molecule has 0 fully saturated rings. The second kappa shape index (κ2) is 4.23. The molecule has 0 heterocycles. The Morgan fingerprint density at radius 3 is 2.57 bits per heavy atom. The number of nitrogens with two attached hydrogens (primary N) is 1. The number of carbonyl (C=O) groups excluding carboxylic acids is 2. The predicted octanol–water partition coefficient (Wildman–Crippen LogP) is 1.33. The van der Waals surface area contributed by atoms with Crippen molar-refractivity contribution in [3.05, 3.63) is 33.8 Å². The Kier molecular flexibility index (Phi) is 3.24.